The highest BCUT2D eigenvalue weighted by atomic mass is 16.5. The van der Waals surface area contributed by atoms with Crippen LogP contribution in [0.25, 0.3) is 5.76 Å². The van der Waals surface area contributed by atoms with Crippen molar-refractivity contribution in [2.45, 2.75) is 46.1 Å². The number of nitrogens with zero attached hydrogens (tertiary/aromatic N) is 2. The summed E-state index contributed by atoms with van der Waals surface area (Å²) in [4.78, 5) is 45.8. The summed E-state index contributed by atoms with van der Waals surface area (Å²) < 4.78 is 10.3. The van der Waals surface area contributed by atoms with Crippen LogP contribution >= 0.6 is 0 Å². The highest BCUT2D eigenvalue weighted by Gasteiger charge is 2.46. The Labute approximate surface area is 223 Å². The maximum atomic E-state index is 13.5. The molecule has 9 heteroatoms. The summed E-state index contributed by atoms with van der Waals surface area (Å²) in [5.74, 6) is -2.27. The molecule has 204 valence electrons. The van der Waals surface area contributed by atoms with E-state index in [0.29, 0.717) is 43.1 Å². The van der Waals surface area contributed by atoms with Crippen LogP contribution in [0.1, 0.15) is 65.2 Å². The van der Waals surface area contributed by atoms with Crippen molar-refractivity contribution in [3.05, 3.63) is 63.5 Å². The van der Waals surface area contributed by atoms with Gasteiger partial charge >= 0.3 is 5.97 Å². The highest BCUT2D eigenvalue weighted by Crippen LogP contribution is 2.41. The van der Waals surface area contributed by atoms with E-state index in [1.54, 1.807) is 18.7 Å². The lowest BCUT2D eigenvalue weighted by molar-refractivity contribution is -0.140. The first-order valence-electron chi connectivity index (χ1n) is 12.9. The van der Waals surface area contributed by atoms with Crippen LogP contribution in [-0.4, -0.2) is 84.1 Å². The lowest BCUT2D eigenvalue weighted by Crippen LogP contribution is -2.42. The number of likely N-dealkylation sites (tertiary alicyclic amines) is 1. The number of aliphatic hydroxyl groups excluding tert-OH is 1. The Bertz CT molecular complexity index is 1260. The Morgan fingerprint density at radius 2 is 1.74 bits per heavy atom. The minimum atomic E-state index is -0.764. The molecular weight excluding hydrogens is 486 g/mol. The fourth-order valence-corrected chi connectivity index (χ4v) is 5.24. The molecule has 3 heterocycles. The number of ether oxygens (including phenoxy) is 2. The van der Waals surface area contributed by atoms with Crippen LogP contribution in [-0.2, 0) is 24.5 Å². The van der Waals surface area contributed by atoms with E-state index < -0.39 is 23.7 Å². The number of Topliss-reactive ketones (excluding diaryl/α,β-unsaturated/α-hetero) is 1. The van der Waals surface area contributed by atoms with Crippen LogP contribution < -0.4 is 0 Å². The van der Waals surface area contributed by atoms with Crippen LogP contribution in [0, 0.1) is 13.8 Å². The molecule has 2 N–H and O–H groups in total. The van der Waals surface area contributed by atoms with Gasteiger partial charge in [0.05, 0.1) is 31.9 Å². The number of aromatic amines is 1. The van der Waals surface area contributed by atoms with Gasteiger partial charge in [-0.1, -0.05) is 45.0 Å². The summed E-state index contributed by atoms with van der Waals surface area (Å²) in [7, 11) is 1.28. The second-order valence-electron chi connectivity index (χ2n) is 10.9. The number of H-pyrrole nitrogens is 1. The van der Waals surface area contributed by atoms with Crippen molar-refractivity contribution in [2.24, 2.45) is 0 Å². The fourth-order valence-electron chi connectivity index (χ4n) is 5.24. The molecule has 9 nitrogen and oxygen atoms in total. The number of nitrogens with one attached hydrogen (secondary N) is 1. The number of carbonyl (C=O) groups is 3. The number of amides is 1. The van der Waals surface area contributed by atoms with E-state index in [1.165, 1.54) is 7.11 Å². The maximum absolute atomic E-state index is 13.5. The molecule has 0 spiro atoms. The number of morpholine rings is 1. The number of methoxy groups -OCH3 is 1. The molecule has 1 amide bonds. The monoisotopic (exact) mass is 523 g/mol. The number of hydrogen-bond acceptors (Lipinski definition) is 7. The van der Waals surface area contributed by atoms with E-state index >= 15 is 0 Å². The van der Waals surface area contributed by atoms with E-state index in [2.05, 4.69) is 30.7 Å². The SMILES string of the molecule is COC(=O)c1[nH]c(C)c(C(O)=C2C(=O)C(=O)N(CCN3CCOCC3)[C@H]2c2ccc(C(C)(C)C)cc2)c1C. The third-order valence-corrected chi connectivity index (χ3v) is 7.46. The van der Waals surface area contributed by atoms with E-state index in [0.717, 1.165) is 24.2 Å². The van der Waals surface area contributed by atoms with Gasteiger partial charge in [0.25, 0.3) is 11.7 Å². The van der Waals surface area contributed by atoms with Gasteiger partial charge in [-0.05, 0) is 36.0 Å². The summed E-state index contributed by atoms with van der Waals surface area (Å²) in [6.07, 6.45) is 0. The van der Waals surface area contributed by atoms with Crippen molar-refractivity contribution >= 4 is 23.4 Å². The number of rotatable bonds is 6. The van der Waals surface area contributed by atoms with Crippen LogP contribution in [0.15, 0.2) is 29.8 Å². The largest absolute Gasteiger partial charge is 0.507 e. The van der Waals surface area contributed by atoms with Gasteiger partial charge in [-0.2, -0.15) is 0 Å². The van der Waals surface area contributed by atoms with Gasteiger partial charge in [0.1, 0.15) is 11.5 Å². The number of hydrogen-bond donors (Lipinski definition) is 2. The van der Waals surface area contributed by atoms with Gasteiger partial charge in [-0.3, -0.25) is 14.5 Å². The predicted octanol–water partition coefficient (Wildman–Crippen LogP) is 3.47. The molecular formula is C29H37N3O6. The fraction of sp³-hybridized carbons (Fsp3) is 0.483. The topological polar surface area (TPSA) is 112 Å². The molecule has 2 aromatic rings. The van der Waals surface area contributed by atoms with E-state index in [9.17, 15) is 19.5 Å². The van der Waals surface area contributed by atoms with Crippen molar-refractivity contribution < 1.29 is 29.0 Å². The normalized spacial score (nSPS) is 20.3. The van der Waals surface area contributed by atoms with Crippen molar-refractivity contribution in [3.8, 4) is 0 Å². The first kappa shape index (κ1) is 27.6. The van der Waals surface area contributed by atoms with Crippen molar-refractivity contribution in [2.75, 3.05) is 46.5 Å². The van der Waals surface area contributed by atoms with Crippen LogP contribution in [0.4, 0.5) is 0 Å². The van der Waals surface area contributed by atoms with E-state index in [4.69, 9.17) is 9.47 Å². The van der Waals surface area contributed by atoms with Gasteiger partial charge in [0.2, 0.25) is 0 Å². The third kappa shape index (κ3) is 5.13. The molecule has 2 aliphatic rings. The number of aliphatic hydroxyl groups is 1. The van der Waals surface area contributed by atoms with Crippen molar-refractivity contribution in [1.29, 1.82) is 0 Å². The summed E-state index contributed by atoms with van der Waals surface area (Å²) in [5.41, 5.74) is 3.27. The summed E-state index contributed by atoms with van der Waals surface area (Å²) in [6.45, 7) is 13.4. The Hall–Kier alpha value is -3.43. The molecule has 2 saturated heterocycles. The molecule has 2 fully saturated rings. The lowest BCUT2D eigenvalue weighted by Gasteiger charge is -2.31. The minimum Gasteiger partial charge on any atom is -0.507 e. The molecule has 2 aliphatic heterocycles. The lowest BCUT2D eigenvalue weighted by atomic mass is 9.85. The summed E-state index contributed by atoms with van der Waals surface area (Å²) in [5, 5.41) is 11.6. The Balaban J connectivity index is 1.81. The van der Waals surface area contributed by atoms with E-state index in [1.807, 2.05) is 24.3 Å². The summed E-state index contributed by atoms with van der Waals surface area (Å²) in [6, 6.07) is 7.07. The molecule has 4 rings (SSSR count). The quantitative estimate of drug-likeness (QED) is 0.258. The van der Waals surface area contributed by atoms with Gasteiger partial charge in [0.15, 0.2) is 0 Å². The Morgan fingerprint density at radius 1 is 1.11 bits per heavy atom. The molecule has 1 aromatic heterocycles. The number of carbonyl (C=O) groups excluding carboxylic acids is 3. The molecule has 38 heavy (non-hydrogen) atoms. The zero-order valence-corrected chi connectivity index (χ0v) is 23.0. The molecule has 0 aliphatic carbocycles. The number of ketones is 1. The van der Waals surface area contributed by atoms with Crippen molar-refractivity contribution in [1.82, 2.24) is 14.8 Å². The second-order valence-corrected chi connectivity index (χ2v) is 10.9. The predicted molar refractivity (Wildman–Crippen MR) is 143 cm³/mol. The molecule has 0 bridgehead atoms. The number of esters is 1. The molecule has 0 saturated carbocycles. The van der Waals surface area contributed by atoms with Crippen LogP contribution in [0.5, 0.6) is 0 Å². The van der Waals surface area contributed by atoms with Gasteiger partial charge in [-0.15, -0.1) is 0 Å². The Morgan fingerprint density at radius 3 is 2.32 bits per heavy atom. The Kier molecular flexibility index (Phi) is 7.80. The number of aryl methyl sites for hydroxylation is 1. The molecule has 0 unspecified atom stereocenters. The van der Waals surface area contributed by atoms with Gasteiger partial charge in [0, 0.05) is 37.4 Å². The maximum Gasteiger partial charge on any atom is 0.354 e. The second kappa shape index (κ2) is 10.7. The highest BCUT2D eigenvalue weighted by molar-refractivity contribution is 6.46. The average Bonchev–Trinajstić information content (AvgIpc) is 3.33. The molecule has 0 radical (unpaired) electrons. The van der Waals surface area contributed by atoms with Crippen molar-refractivity contribution in [3.63, 3.8) is 0 Å². The molecule has 1 atom stereocenters. The van der Waals surface area contributed by atoms with Gasteiger partial charge in [-0.25, -0.2) is 4.79 Å². The number of benzene rings is 1. The van der Waals surface area contributed by atoms with Crippen LogP contribution in [0.2, 0.25) is 0 Å². The smallest absolute Gasteiger partial charge is 0.354 e. The number of aromatic nitrogens is 1. The standard InChI is InChI=1S/C29H37N3O6/c1-17-21(18(2)30-23(17)28(36)37-6)25(33)22-24(19-7-9-20(10-8-19)29(3,4)5)32(27(35)26(22)34)12-11-31-13-15-38-16-14-31/h7-10,24,30,33H,11-16H2,1-6H3/t24-/m0/s1. The van der Waals surface area contributed by atoms with Crippen LogP contribution in [0.3, 0.4) is 0 Å². The average molecular weight is 524 g/mol. The zero-order chi connectivity index (χ0) is 27.8. The summed E-state index contributed by atoms with van der Waals surface area (Å²) >= 11 is 0. The van der Waals surface area contributed by atoms with E-state index in [-0.39, 0.29) is 22.4 Å². The zero-order valence-electron chi connectivity index (χ0n) is 23.0. The third-order valence-electron chi connectivity index (χ3n) is 7.46. The van der Waals surface area contributed by atoms with Gasteiger partial charge < -0.3 is 24.5 Å². The minimum absolute atomic E-state index is 0.0158. The molecule has 1 aromatic carbocycles. The first-order chi connectivity index (χ1) is 18.0. The first-order valence-corrected chi connectivity index (χ1v) is 12.9.